The third-order valence-corrected chi connectivity index (χ3v) is 4.04. The van der Waals surface area contributed by atoms with Crippen LogP contribution in [0.25, 0.3) is 0 Å². The summed E-state index contributed by atoms with van der Waals surface area (Å²) in [4.78, 5) is 23.2. The number of hydrogen-bond acceptors (Lipinski definition) is 2. The van der Waals surface area contributed by atoms with Crippen molar-refractivity contribution in [2.24, 2.45) is 0 Å². The van der Waals surface area contributed by atoms with Crippen molar-refractivity contribution in [2.45, 2.75) is 13.8 Å². The Hall–Kier alpha value is -2.14. The normalized spacial score (nSPS) is 10.2. The Kier molecular flexibility index (Phi) is 4.43. The van der Waals surface area contributed by atoms with Crippen molar-refractivity contribution >= 4 is 33.5 Å². The molecular formula is C16H14BrNO3. The lowest BCUT2D eigenvalue weighted by molar-refractivity contribution is 0.0696. The average Bonchev–Trinajstić information content (AvgIpc) is 2.43. The van der Waals surface area contributed by atoms with Gasteiger partial charge in [0.1, 0.15) is 0 Å². The van der Waals surface area contributed by atoms with Crippen LogP contribution >= 0.6 is 15.9 Å². The van der Waals surface area contributed by atoms with E-state index in [1.54, 1.807) is 18.2 Å². The maximum Gasteiger partial charge on any atom is 0.335 e. The monoisotopic (exact) mass is 347 g/mol. The topological polar surface area (TPSA) is 66.4 Å². The van der Waals surface area contributed by atoms with Crippen molar-refractivity contribution in [3.8, 4) is 0 Å². The van der Waals surface area contributed by atoms with E-state index in [9.17, 15) is 9.59 Å². The number of carboxylic acids is 1. The summed E-state index contributed by atoms with van der Waals surface area (Å²) < 4.78 is 0.933. The van der Waals surface area contributed by atoms with Crippen molar-refractivity contribution in [2.75, 3.05) is 5.32 Å². The molecule has 0 saturated heterocycles. The van der Waals surface area contributed by atoms with E-state index in [1.807, 2.05) is 19.9 Å². The Morgan fingerprint density at radius 3 is 2.29 bits per heavy atom. The summed E-state index contributed by atoms with van der Waals surface area (Å²) in [5.41, 5.74) is 2.93. The summed E-state index contributed by atoms with van der Waals surface area (Å²) in [5, 5.41) is 11.8. The molecule has 0 aromatic heterocycles. The number of carbonyl (C=O) groups excluding carboxylic acids is 1. The lowest BCUT2D eigenvalue weighted by Crippen LogP contribution is -2.13. The van der Waals surface area contributed by atoms with Crippen LogP contribution in [0.15, 0.2) is 40.9 Å². The fourth-order valence-corrected chi connectivity index (χ4v) is 2.12. The number of amides is 1. The van der Waals surface area contributed by atoms with Gasteiger partial charge in [0.2, 0.25) is 0 Å². The largest absolute Gasteiger partial charge is 0.478 e. The molecule has 1 amide bonds. The average molecular weight is 348 g/mol. The highest BCUT2D eigenvalue weighted by atomic mass is 79.9. The van der Waals surface area contributed by atoms with Gasteiger partial charge in [-0.1, -0.05) is 22.0 Å². The quantitative estimate of drug-likeness (QED) is 0.881. The Balaban J connectivity index is 2.28. The Labute approximate surface area is 130 Å². The van der Waals surface area contributed by atoms with Gasteiger partial charge in [0.25, 0.3) is 5.91 Å². The van der Waals surface area contributed by atoms with E-state index in [1.165, 1.54) is 12.1 Å². The van der Waals surface area contributed by atoms with Crippen molar-refractivity contribution in [1.29, 1.82) is 0 Å². The number of aromatic carboxylic acids is 1. The Bertz CT molecular complexity index is 725. The molecular weight excluding hydrogens is 334 g/mol. The molecule has 0 aliphatic carbocycles. The van der Waals surface area contributed by atoms with Crippen LogP contribution < -0.4 is 5.32 Å². The SMILES string of the molecule is Cc1cc(C(=O)Nc2cc(C(=O)O)ccc2C)ccc1Br. The first-order valence-electron chi connectivity index (χ1n) is 6.30. The number of aryl methyl sites for hydroxylation is 2. The maximum atomic E-state index is 12.2. The van der Waals surface area contributed by atoms with Crippen LogP contribution in [0.2, 0.25) is 0 Å². The zero-order valence-electron chi connectivity index (χ0n) is 11.6. The number of anilines is 1. The summed E-state index contributed by atoms with van der Waals surface area (Å²) in [7, 11) is 0. The number of rotatable bonds is 3. The molecule has 21 heavy (non-hydrogen) atoms. The summed E-state index contributed by atoms with van der Waals surface area (Å²) in [6, 6.07) is 9.94. The molecule has 0 saturated carbocycles. The highest BCUT2D eigenvalue weighted by molar-refractivity contribution is 9.10. The van der Waals surface area contributed by atoms with E-state index < -0.39 is 5.97 Å². The molecule has 2 aromatic carbocycles. The van der Waals surface area contributed by atoms with Crippen molar-refractivity contribution in [3.63, 3.8) is 0 Å². The second-order valence-electron chi connectivity index (χ2n) is 4.75. The summed E-state index contributed by atoms with van der Waals surface area (Å²) >= 11 is 3.39. The van der Waals surface area contributed by atoms with Crippen LogP contribution in [-0.4, -0.2) is 17.0 Å². The first-order valence-corrected chi connectivity index (χ1v) is 7.09. The zero-order chi connectivity index (χ0) is 15.6. The molecule has 5 heteroatoms. The van der Waals surface area contributed by atoms with E-state index in [0.29, 0.717) is 11.3 Å². The second-order valence-corrected chi connectivity index (χ2v) is 5.61. The van der Waals surface area contributed by atoms with Gasteiger partial charge in [-0.3, -0.25) is 4.79 Å². The molecule has 0 aliphatic heterocycles. The lowest BCUT2D eigenvalue weighted by atomic mass is 10.1. The standard InChI is InChI=1S/C16H14BrNO3/c1-9-3-4-12(16(20)21)8-14(9)18-15(19)11-5-6-13(17)10(2)7-11/h3-8H,1-2H3,(H,18,19)(H,20,21). The van der Waals surface area contributed by atoms with Crippen LogP contribution in [0.3, 0.4) is 0 Å². The van der Waals surface area contributed by atoms with E-state index >= 15 is 0 Å². The maximum absolute atomic E-state index is 12.2. The van der Waals surface area contributed by atoms with Gasteiger partial charge in [0, 0.05) is 15.7 Å². The highest BCUT2D eigenvalue weighted by Gasteiger charge is 2.11. The van der Waals surface area contributed by atoms with Gasteiger partial charge >= 0.3 is 5.97 Å². The fourth-order valence-electron chi connectivity index (χ4n) is 1.87. The van der Waals surface area contributed by atoms with Gasteiger partial charge in [0.15, 0.2) is 0 Å². The van der Waals surface area contributed by atoms with Crippen molar-refractivity contribution in [3.05, 3.63) is 63.1 Å². The van der Waals surface area contributed by atoms with E-state index in [0.717, 1.165) is 15.6 Å². The first-order chi connectivity index (χ1) is 9.88. The van der Waals surface area contributed by atoms with Crippen LogP contribution in [0, 0.1) is 13.8 Å². The van der Waals surface area contributed by atoms with Crippen LogP contribution in [0.4, 0.5) is 5.69 Å². The molecule has 0 spiro atoms. The van der Waals surface area contributed by atoms with Gasteiger partial charge in [-0.2, -0.15) is 0 Å². The number of benzene rings is 2. The zero-order valence-corrected chi connectivity index (χ0v) is 13.2. The van der Waals surface area contributed by atoms with Gasteiger partial charge in [-0.25, -0.2) is 4.79 Å². The van der Waals surface area contributed by atoms with Gasteiger partial charge in [-0.05, 0) is 55.3 Å². The second kappa shape index (κ2) is 6.10. The van der Waals surface area contributed by atoms with E-state index in [-0.39, 0.29) is 11.5 Å². The van der Waals surface area contributed by atoms with Crippen molar-refractivity contribution < 1.29 is 14.7 Å². The Morgan fingerprint density at radius 1 is 1.00 bits per heavy atom. The molecule has 0 bridgehead atoms. The van der Waals surface area contributed by atoms with E-state index in [4.69, 9.17) is 5.11 Å². The summed E-state index contributed by atoms with van der Waals surface area (Å²) in [6.07, 6.45) is 0. The molecule has 108 valence electrons. The van der Waals surface area contributed by atoms with Gasteiger partial charge in [-0.15, -0.1) is 0 Å². The fraction of sp³-hybridized carbons (Fsp3) is 0.125. The smallest absolute Gasteiger partial charge is 0.335 e. The minimum atomic E-state index is -1.02. The number of hydrogen-bond donors (Lipinski definition) is 2. The predicted molar refractivity (Wildman–Crippen MR) is 85.0 cm³/mol. The third kappa shape index (κ3) is 3.49. The van der Waals surface area contributed by atoms with Crippen LogP contribution in [0.1, 0.15) is 31.8 Å². The minimum Gasteiger partial charge on any atom is -0.478 e. The molecule has 2 rings (SSSR count). The predicted octanol–water partition coefficient (Wildman–Crippen LogP) is 4.02. The molecule has 0 heterocycles. The summed E-state index contributed by atoms with van der Waals surface area (Å²) in [5.74, 6) is -1.29. The third-order valence-electron chi connectivity index (χ3n) is 3.15. The van der Waals surface area contributed by atoms with Crippen molar-refractivity contribution in [1.82, 2.24) is 0 Å². The first kappa shape index (κ1) is 15.3. The molecule has 4 nitrogen and oxygen atoms in total. The highest BCUT2D eigenvalue weighted by Crippen LogP contribution is 2.20. The van der Waals surface area contributed by atoms with Crippen LogP contribution in [-0.2, 0) is 0 Å². The molecule has 0 fully saturated rings. The molecule has 2 aromatic rings. The molecule has 0 radical (unpaired) electrons. The van der Waals surface area contributed by atoms with E-state index in [2.05, 4.69) is 21.2 Å². The molecule has 2 N–H and O–H groups in total. The number of nitrogens with one attached hydrogen (secondary N) is 1. The van der Waals surface area contributed by atoms with Gasteiger partial charge in [0.05, 0.1) is 5.56 Å². The molecule has 0 atom stereocenters. The lowest BCUT2D eigenvalue weighted by Gasteiger charge is -2.10. The molecule has 0 unspecified atom stereocenters. The number of halogens is 1. The minimum absolute atomic E-state index is 0.142. The molecule has 0 aliphatic rings. The number of carboxylic acid groups (broad SMARTS) is 1. The van der Waals surface area contributed by atoms with Crippen LogP contribution in [0.5, 0.6) is 0 Å². The Morgan fingerprint density at radius 2 is 1.67 bits per heavy atom. The number of carbonyl (C=O) groups is 2. The summed E-state index contributed by atoms with van der Waals surface area (Å²) in [6.45, 7) is 3.71. The van der Waals surface area contributed by atoms with Gasteiger partial charge < -0.3 is 10.4 Å².